The third-order valence-corrected chi connectivity index (χ3v) is 8.18. The molecule has 0 amide bonds. The molecule has 32 heavy (non-hydrogen) atoms. The van der Waals surface area contributed by atoms with Gasteiger partial charge in [-0.25, -0.2) is 0 Å². The van der Waals surface area contributed by atoms with Crippen LogP contribution in [-0.4, -0.2) is 4.21 Å². The minimum atomic E-state index is -1.40. The number of rotatable bonds is 6. The summed E-state index contributed by atoms with van der Waals surface area (Å²) in [5, 5.41) is 1.70. The third-order valence-electron chi connectivity index (χ3n) is 5.16. The minimum Gasteiger partial charge on any atom is -0.258 e. The summed E-state index contributed by atoms with van der Waals surface area (Å²) in [6.45, 7) is 0. The normalized spacial score (nSPS) is 11.5. The predicted octanol–water partition coefficient (Wildman–Crippen LogP) is 8.93. The third kappa shape index (κ3) is 5.39. The molecule has 0 unspecified atom stereocenters. The van der Waals surface area contributed by atoms with Gasteiger partial charge in [-0.3, -0.25) is 4.21 Å². The van der Waals surface area contributed by atoms with Gasteiger partial charge in [-0.1, -0.05) is 94.9 Å². The van der Waals surface area contributed by atoms with E-state index in [2.05, 4.69) is 0 Å². The van der Waals surface area contributed by atoms with E-state index in [1.807, 2.05) is 97.1 Å². The quantitative estimate of drug-likeness (QED) is 0.248. The lowest BCUT2D eigenvalue weighted by atomic mass is 10.0. The maximum atomic E-state index is 14.4. The lowest BCUT2D eigenvalue weighted by molar-refractivity contribution is 0.673. The zero-order chi connectivity index (χ0) is 22.7. The molecule has 0 aliphatic carbocycles. The van der Waals surface area contributed by atoms with E-state index < -0.39 is 21.3 Å². The van der Waals surface area contributed by atoms with Gasteiger partial charge in [0.05, 0.1) is 10.5 Å². The van der Waals surface area contributed by atoms with Crippen LogP contribution in [0.2, 0.25) is 20.1 Å². The van der Waals surface area contributed by atoms with Gasteiger partial charge >= 0.3 is 0 Å². The molecule has 0 spiro atoms. The molecule has 1 nitrogen and oxygen atoms in total. The van der Waals surface area contributed by atoms with E-state index in [4.69, 9.17) is 46.4 Å². The molecule has 0 bridgehead atoms. The molecular formula is C26H18Cl4OS. The van der Waals surface area contributed by atoms with Gasteiger partial charge in [0.25, 0.3) is 0 Å². The van der Waals surface area contributed by atoms with E-state index in [1.54, 1.807) is 0 Å². The van der Waals surface area contributed by atoms with E-state index in [1.165, 1.54) is 0 Å². The maximum absolute atomic E-state index is 14.4. The van der Waals surface area contributed by atoms with E-state index in [0.29, 0.717) is 20.1 Å². The van der Waals surface area contributed by atoms with Crippen LogP contribution in [0.15, 0.2) is 97.1 Å². The fourth-order valence-electron chi connectivity index (χ4n) is 3.61. The van der Waals surface area contributed by atoms with E-state index in [9.17, 15) is 4.21 Å². The molecule has 0 aliphatic rings. The Balaban J connectivity index is 1.87. The van der Waals surface area contributed by atoms with Gasteiger partial charge < -0.3 is 0 Å². The molecule has 0 atom stereocenters. The first-order chi connectivity index (χ1) is 15.4. The van der Waals surface area contributed by atoms with Crippen molar-refractivity contribution in [3.8, 4) is 0 Å². The van der Waals surface area contributed by atoms with Crippen molar-refractivity contribution in [3.63, 3.8) is 0 Å². The minimum absolute atomic E-state index is 0.402. The van der Waals surface area contributed by atoms with Crippen LogP contribution in [0, 0.1) is 0 Å². The van der Waals surface area contributed by atoms with Crippen LogP contribution in [0.4, 0.5) is 0 Å². The Morgan fingerprint density at radius 2 is 0.594 bits per heavy atom. The van der Waals surface area contributed by atoms with Crippen LogP contribution in [-0.2, 0) is 10.8 Å². The second-order valence-corrected chi connectivity index (χ2v) is 10.6. The van der Waals surface area contributed by atoms with Gasteiger partial charge in [-0.15, -0.1) is 0 Å². The monoisotopic (exact) mass is 518 g/mol. The molecule has 0 saturated carbocycles. The molecule has 0 saturated heterocycles. The number of benzene rings is 4. The van der Waals surface area contributed by atoms with Crippen LogP contribution in [0.1, 0.15) is 32.8 Å². The zero-order valence-corrected chi connectivity index (χ0v) is 20.6. The Kier molecular flexibility index (Phi) is 7.60. The fourth-order valence-corrected chi connectivity index (χ4v) is 6.09. The second kappa shape index (κ2) is 10.4. The molecule has 4 aromatic carbocycles. The van der Waals surface area contributed by atoms with Crippen LogP contribution in [0.3, 0.4) is 0 Å². The van der Waals surface area contributed by atoms with E-state index in [0.717, 1.165) is 22.3 Å². The summed E-state index contributed by atoms with van der Waals surface area (Å²) < 4.78 is 14.4. The Morgan fingerprint density at radius 3 is 0.781 bits per heavy atom. The van der Waals surface area contributed by atoms with E-state index in [-0.39, 0.29) is 0 Å². The zero-order valence-electron chi connectivity index (χ0n) is 16.7. The van der Waals surface area contributed by atoms with Gasteiger partial charge in [0, 0.05) is 30.9 Å². The molecule has 6 heteroatoms. The summed E-state index contributed by atoms with van der Waals surface area (Å²) in [6.07, 6.45) is 0. The van der Waals surface area contributed by atoms with Gasteiger partial charge in [-0.2, -0.15) is 0 Å². The van der Waals surface area contributed by atoms with Crippen LogP contribution in [0.25, 0.3) is 0 Å². The highest BCUT2D eigenvalue weighted by Gasteiger charge is 2.30. The molecule has 0 fully saturated rings. The highest BCUT2D eigenvalue weighted by molar-refractivity contribution is 7.86. The Hall–Kier alpha value is -1.81. The molecular weight excluding hydrogens is 502 g/mol. The lowest BCUT2D eigenvalue weighted by Crippen LogP contribution is -2.17. The molecule has 0 N–H and O–H groups in total. The largest absolute Gasteiger partial charge is 0.258 e. The highest BCUT2D eigenvalue weighted by atomic mass is 35.5. The van der Waals surface area contributed by atoms with Crippen molar-refractivity contribution in [1.29, 1.82) is 0 Å². The number of hydrogen-bond donors (Lipinski definition) is 0. The summed E-state index contributed by atoms with van der Waals surface area (Å²) in [7, 11) is -1.40. The summed E-state index contributed by atoms with van der Waals surface area (Å²) in [5.74, 6) is 0. The van der Waals surface area contributed by atoms with Crippen molar-refractivity contribution in [2.45, 2.75) is 10.5 Å². The molecule has 0 aromatic heterocycles. The van der Waals surface area contributed by atoms with Gasteiger partial charge in [-0.05, 0) is 70.8 Å². The Morgan fingerprint density at radius 1 is 0.406 bits per heavy atom. The molecule has 0 heterocycles. The first-order valence-corrected chi connectivity index (χ1v) is 12.6. The van der Waals surface area contributed by atoms with Crippen molar-refractivity contribution in [2.75, 3.05) is 0 Å². The number of halogens is 4. The smallest absolute Gasteiger partial charge is 0.0856 e. The second-order valence-electron chi connectivity index (χ2n) is 7.29. The van der Waals surface area contributed by atoms with Crippen molar-refractivity contribution in [2.24, 2.45) is 0 Å². The van der Waals surface area contributed by atoms with Crippen LogP contribution >= 0.6 is 46.4 Å². The average Bonchev–Trinajstić information content (AvgIpc) is 2.79. The standard InChI is InChI=1S/C26H18Cl4OS/c27-21-9-1-17(2-10-21)25(18-3-11-22(28)12-4-18)32(31)26(19-5-13-23(29)14-6-19)20-7-15-24(30)16-8-20/h1-16,25-26H. The molecule has 0 radical (unpaired) electrons. The molecule has 4 aromatic rings. The lowest BCUT2D eigenvalue weighted by Gasteiger charge is -2.25. The fraction of sp³-hybridized carbons (Fsp3) is 0.0769. The molecule has 0 aliphatic heterocycles. The van der Waals surface area contributed by atoms with Crippen LogP contribution < -0.4 is 0 Å². The van der Waals surface area contributed by atoms with Crippen molar-refractivity contribution < 1.29 is 4.21 Å². The van der Waals surface area contributed by atoms with Crippen molar-refractivity contribution in [1.82, 2.24) is 0 Å². The van der Waals surface area contributed by atoms with Crippen molar-refractivity contribution in [3.05, 3.63) is 139 Å². The van der Waals surface area contributed by atoms with E-state index >= 15 is 0 Å². The summed E-state index contributed by atoms with van der Waals surface area (Å²) in [4.78, 5) is 0. The topological polar surface area (TPSA) is 17.1 Å². The first-order valence-electron chi connectivity index (χ1n) is 9.83. The van der Waals surface area contributed by atoms with Gasteiger partial charge in [0.2, 0.25) is 0 Å². The Labute approximate surface area is 210 Å². The summed E-state index contributed by atoms with van der Waals surface area (Å²) in [5.41, 5.74) is 3.62. The average molecular weight is 520 g/mol. The predicted molar refractivity (Wildman–Crippen MR) is 138 cm³/mol. The Bertz CT molecular complexity index is 1020. The number of hydrogen-bond acceptors (Lipinski definition) is 1. The van der Waals surface area contributed by atoms with Gasteiger partial charge in [0.15, 0.2) is 0 Å². The SMILES string of the molecule is O=S(C(c1ccc(Cl)cc1)c1ccc(Cl)cc1)C(c1ccc(Cl)cc1)c1ccc(Cl)cc1. The first kappa shape index (κ1) is 23.4. The molecule has 162 valence electrons. The summed E-state index contributed by atoms with van der Waals surface area (Å²) >= 11 is 24.5. The van der Waals surface area contributed by atoms with Gasteiger partial charge in [0.1, 0.15) is 0 Å². The highest BCUT2D eigenvalue weighted by Crippen LogP contribution is 2.40. The summed E-state index contributed by atoms with van der Waals surface area (Å²) in [6, 6.07) is 29.9. The maximum Gasteiger partial charge on any atom is 0.0856 e. The van der Waals surface area contributed by atoms with Crippen molar-refractivity contribution >= 4 is 57.2 Å². The van der Waals surface area contributed by atoms with Crippen LogP contribution in [0.5, 0.6) is 0 Å². The molecule has 4 rings (SSSR count).